The third kappa shape index (κ3) is 5.92. The Kier molecular flexibility index (Phi) is 7.02. The molecule has 1 heterocycles. The molecule has 2 aromatic carbocycles. The summed E-state index contributed by atoms with van der Waals surface area (Å²) in [7, 11) is 0. The van der Waals surface area contributed by atoms with E-state index >= 15 is 0 Å². The van der Waals surface area contributed by atoms with Gasteiger partial charge >= 0.3 is 0 Å². The number of nitrogens with zero attached hydrogens (tertiary/aromatic N) is 2. The number of hydrogen-bond acceptors (Lipinski definition) is 6. The van der Waals surface area contributed by atoms with Crippen molar-refractivity contribution in [3.8, 4) is 5.75 Å². The highest BCUT2D eigenvalue weighted by molar-refractivity contribution is 8.15. The van der Waals surface area contributed by atoms with Gasteiger partial charge in [0, 0.05) is 12.1 Å². The Bertz CT molecular complexity index is 927. The smallest absolute Gasteiger partial charge is 0.238 e. The molecule has 150 valence electrons. The summed E-state index contributed by atoms with van der Waals surface area (Å²) in [4.78, 5) is 24.6. The fraction of sp³-hybridized carbons (Fsp3) is 0.238. The molecular formula is C21H22N4O3S. The minimum absolute atomic E-state index is 0.0773. The number of carbonyl (C=O) groups excluding carboxylic acids is 2. The summed E-state index contributed by atoms with van der Waals surface area (Å²) in [5.74, 6) is 0.213. The summed E-state index contributed by atoms with van der Waals surface area (Å²) in [6.07, 6.45) is 0.0773. The number of thioether (sulfide) groups is 1. The van der Waals surface area contributed by atoms with Crippen LogP contribution >= 0.6 is 11.8 Å². The molecule has 1 saturated heterocycles. The van der Waals surface area contributed by atoms with E-state index in [2.05, 4.69) is 20.8 Å². The topological polar surface area (TPSA) is 92.1 Å². The maximum Gasteiger partial charge on any atom is 0.238 e. The highest BCUT2D eigenvalue weighted by Gasteiger charge is 2.30. The maximum atomic E-state index is 12.6. The van der Waals surface area contributed by atoms with Gasteiger partial charge in [0.25, 0.3) is 0 Å². The Labute approximate surface area is 173 Å². The van der Waals surface area contributed by atoms with Crippen LogP contribution < -0.4 is 15.4 Å². The molecule has 1 atom stereocenters. The third-order valence-electron chi connectivity index (χ3n) is 4.08. The van der Waals surface area contributed by atoms with Crippen molar-refractivity contribution in [2.24, 2.45) is 10.2 Å². The predicted octanol–water partition coefficient (Wildman–Crippen LogP) is 3.43. The molecule has 0 spiro atoms. The molecule has 1 aliphatic heterocycles. The third-order valence-corrected chi connectivity index (χ3v) is 5.15. The molecule has 0 aliphatic carbocycles. The number of amidine groups is 1. The largest absolute Gasteiger partial charge is 0.494 e. The molecule has 0 radical (unpaired) electrons. The lowest BCUT2D eigenvalue weighted by molar-refractivity contribution is -0.123. The van der Waals surface area contributed by atoms with Gasteiger partial charge in [0.2, 0.25) is 11.8 Å². The van der Waals surface area contributed by atoms with Crippen LogP contribution in [0.25, 0.3) is 0 Å². The molecule has 8 heteroatoms. The van der Waals surface area contributed by atoms with Gasteiger partial charge in [-0.05, 0) is 43.7 Å². The second kappa shape index (κ2) is 9.88. The quantitative estimate of drug-likeness (QED) is 0.564. The van der Waals surface area contributed by atoms with Crippen LogP contribution in [0, 0.1) is 0 Å². The molecule has 29 heavy (non-hydrogen) atoms. The summed E-state index contributed by atoms with van der Waals surface area (Å²) in [5, 5.41) is 13.5. The van der Waals surface area contributed by atoms with Crippen molar-refractivity contribution >= 4 is 40.1 Å². The molecule has 1 fully saturated rings. The molecule has 0 bridgehead atoms. The lowest BCUT2D eigenvalue weighted by Crippen LogP contribution is -2.41. The molecule has 1 aliphatic rings. The summed E-state index contributed by atoms with van der Waals surface area (Å²) < 4.78 is 5.39. The molecule has 2 N–H and O–H groups in total. The molecule has 0 unspecified atom stereocenters. The van der Waals surface area contributed by atoms with Gasteiger partial charge in [-0.1, -0.05) is 42.1 Å². The number of anilines is 1. The molecular weight excluding hydrogens is 388 g/mol. The van der Waals surface area contributed by atoms with E-state index in [4.69, 9.17) is 4.74 Å². The zero-order valence-corrected chi connectivity index (χ0v) is 17.0. The first-order valence-electron chi connectivity index (χ1n) is 9.23. The van der Waals surface area contributed by atoms with E-state index in [0.29, 0.717) is 23.2 Å². The first-order valence-corrected chi connectivity index (χ1v) is 10.1. The lowest BCUT2D eigenvalue weighted by atomic mass is 10.1. The summed E-state index contributed by atoms with van der Waals surface area (Å²) >= 11 is 1.19. The number of nitrogens with one attached hydrogen (secondary N) is 2. The SMILES string of the molecule is CCOc1ccc(NC(=O)[C@@H]2CC(=O)N/C(=N\N=C(C)c3ccccc3)S2)cc1. The number of carbonyl (C=O) groups is 2. The summed E-state index contributed by atoms with van der Waals surface area (Å²) in [5.41, 5.74) is 2.30. The van der Waals surface area contributed by atoms with E-state index in [9.17, 15) is 9.59 Å². The standard InChI is InChI=1S/C21H22N4O3S/c1-3-28-17-11-9-16(10-12-17)22-20(27)18-13-19(26)23-21(29-18)25-24-14(2)15-7-5-4-6-8-15/h4-12,18H,3,13H2,1-2H3,(H,22,27)(H,23,25,26)/t18-/m0/s1. The van der Waals surface area contributed by atoms with E-state index in [1.165, 1.54) is 11.8 Å². The van der Waals surface area contributed by atoms with Crippen LogP contribution in [0.2, 0.25) is 0 Å². The van der Waals surface area contributed by atoms with Crippen molar-refractivity contribution in [1.82, 2.24) is 5.32 Å². The van der Waals surface area contributed by atoms with Gasteiger partial charge in [-0.2, -0.15) is 5.10 Å². The Morgan fingerprint density at radius 1 is 1.21 bits per heavy atom. The second-order valence-electron chi connectivity index (χ2n) is 6.26. The molecule has 3 rings (SSSR count). The minimum Gasteiger partial charge on any atom is -0.494 e. The average molecular weight is 410 g/mol. The van der Waals surface area contributed by atoms with Crippen LogP contribution in [0.1, 0.15) is 25.8 Å². The summed E-state index contributed by atoms with van der Waals surface area (Å²) in [6, 6.07) is 16.7. The number of benzene rings is 2. The maximum absolute atomic E-state index is 12.6. The van der Waals surface area contributed by atoms with Crippen molar-refractivity contribution in [2.75, 3.05) is 11.9 Å². The van der Waals surface area contributed by atoms with Crippen molar-refractivity contribution in [3.05, 3.63) is 60.2 Å². The molecule has 2 amide bonds. The monoisotopic (exact) mass is 410 g/mol. The van der Waals surface area contributed by atoms with Crippen LogP contribution in [-0.2, 0) is 9.59 Å². The molecule has 2 aromatic rings. The highest BCUT2D eigenvalue weighted by Crippen LogP contribution is 2.23. The first kappa shape index (κ1) is 20.6. The average Bonchev–Trinajstić information content (AvgIpc) is 2.74. The van der Waals surface area contributed by atoms with Crippen molar-refractivity contribution in [1.29, 1.82) is 0 Å². The van der Waals surface area contributed by atoms with E-state index < -0.39 is 5.25 Å². The van der Waals surface area contributed by atoms with Gasteiger partial charge in [-0.3, -0.25) is 9.59 Å². The van der Waals surface area contributed by atoms with Crippen LogP contribution in [0.15, 0.2) is 64.8 Å². The fourth-order valence-corrected chi connectivity index (χ4v) is 3.55. The molecule has 0 saturated carbocycles. The zero-order chi connectivity index (χ0) is 20.6. The number of amides is 2. The van der Waals surface area contributed by atoms with E-state index in [1.54, 1.807) is 24.3 Å². The molecule has 0 aromatic heterocycles. The Balaban J connectivity index is 1.65. The van der Waals surface area contributed by atoms with Crippen molar-refractivity contribution in [2.45, 2.75) is 25.5 Å². The first-order chi connectivity index (χ1) is 14.0. The normalized spacial score (nSPS) is 18.3. The zero-order valence-electron chi connectivity index (χ0n) is 16.2. The highest BCUT2D eigenvalue weighted by atomic mass is 32.2. The van der Waals surface area contributed by atoms with Gasteiger partial charge in [0.05, 0.1) is 12.3 Å². The van der Waals surface area contributed by atoms with E-state index in [1.807, 2.05) is 44.2 Å². The van der Waals surface area contributed by atoms with Gasteiger partial charge < -0.3 is 15.4 Å². The molecule has 7 nitrogen and oxygen atoms in total. The Morgan fingerprint density at radius 2 is 1.93 bits per heavy atom. The van der Waals surface area contributed by atoms with Gasteiger partial charge in [-0.15, -0.1) is 5.10 Å². The predicted molar refractivity (Wildman–Crippen MR) is 116 cm³/mol. The second-order valence-corrected chi connectivity index (χ2v) is 7.45. The number of hydrogen-bond donors (Lipinski definition) is 2. The van der Waals surface area contributed by atoms with Crippen LogP contribution in [0.5, 0.6) is 5.75 Å². The van der Waals surface area contributed by atoms with Crippen LogP contribution in [0.4, 0.5) is 5.69 Å². The Morgan fingerprint density at radius 3 is 2.62 bits per heavy atom. The van der Waals surface area contributed by atoms with Crippen LogP contribution in [0.3, 0.4) is 0 Å². The van der Waals surface area contributed by atoms with E-state index in [-0.39, 0.29) is 18.2 Å². The minimum atomic E-state index is -0.582. The Hall–Kier alpha value is -3.13. The van der Waals surface area contributed by atoms with Crippen molar-refractivity contribution < 1.29 is 14.3 Å². The van der Waals surface area contributed by atoms with Crippen molar-refractivity contribution in [3.63, 3.8) is 0 Å². The number of ether oxygens (including phenoxy) is 1. The van der Waals surface area contributed by atoms with Crippen LogP contribution in [-0.4, -0.2) is 34.6 Å². The van der Waals surface area contributed by atoms with Gasteiger partial charge in [-0.25, -0.2) is 0 Å². The number of rotatable bonds is 6. The fourth-order valence-electron chi connectivity index (χ4n) is 2.62. The van der Waals surface area contributed by atoms with E-state index in [0.717, 1.165) is 11.3 Å². The lowest BCUT2D eigenvalue weighted by Gasteiger charge is -2.21. The summed E-state index contributed by atoms with van der Waals surface area (Å²) in [6.45, 7) is 4.32. The van der Waals surface area contributed by atoms with Gasteiger partial charge in [0.15, 0.2) is 5.17 Å². The van der Waals surface area contributed by atoms with Gasteiger partial charge in [0.1, 0.15) is 11.0 Å².